The van der Waals surface area contributed by atoms with Crippen molar-refractivity contribution in [2.24, 2.45) is 0 Å². The Labute approximate surface area is 133 Å². The maximum Gasteiger partial charge on any atom is 0.224 e. The number of thiazole rings is 1. The zero-order chi connectivity index (χ0) is 15.4. The highest BCUT2D eigenvalue weighted by Crippen LogP contribution is 2.27. The maximum atomic E-state index is 11.9. The molecule has 0 unspecified atom stereocenters. The van der Waals surface area contributed by atoms with Crippen LogP contribution in [0.4, 0.5) is 5.69 Å². The number of anilines is 1. The first-order chi connectivity index (χ1) is 9.99. The molecular weight excluding hydrogens is 308 g/mol. The molecule has 1 aromatic heterocycles. The predicted molar refractivity (Wildman–Crippen MR) is 86.5 cm³/mol. The average Bonchev–Trinajstić information content (AvgIpc) is 2.76. The summed E-state index contributed by atoms with van der Waals surface area (Å²) in [5.41, 5.74) is 1.70. The first kappa shape index (κ1) is 15.8. The van der Waals surface area contributed by atoms with Gasteiger partial charge in [-0.25, -0.2) is 4.98 Å². The van der Waals surface area contributed by atoms with Gasteiger partial charge >= 0.3 is 0 Å². The van der Waals surface area contributed by atoms with Gasteiger partial charge in [0, 0.05) is 23.4 Å². The third-order valence-corrected chi connectivity index (χ3v) is 4.50. The Morgan fingerprint density at radius 3 is 2.76 bits per heavy atom. The van der Waals surface area contributed by atoms with Crippen molar-refractivity contribution in [2.45, 2.75) is 26.7 Å². The van der Waals surface area contributed by atoms with Gasteiger partial charge in [0.25, 0.3) is 0 Å². The van der Waals surface area contributed by atoms with Gasteiger partial charge in [0.05, 0.1) is 22.8 Å². The summed E-state index contributed by atoms with van der Waals surface area (Å²) in [7, 11) is 1.55. The van der Waals surface area contributed by atoms with E-state index >= 15 is 0 Å². The van der Waals surface area contributed by atoms with E-state index < -0.39 is 0 Å². The maximum absolute atomic E-state index is 11.9. The fraction of sp³-hybridized carbons (Fsp3) is 0.333. The average molecular weight is 325 g/mol. The molecule has 1 amide bonds. The Morgan fingerprint density at radius 2 is 2.19 bits per heavy atom. The lowest BCUT2D eigenvalue weighted by Crippen LogP contribution is -2.12. The van der Waals surface area contributed by atoms with Gasteiger partial charge in [-0.2, -0.15) is 0 Å². The summed E-state index contributed by atoms with van der Waals surface area (Å²) in [6, 6.07) is 5.17. The topological polar surface area (TPSA) is 51.2 Å². The van der Waals surface area contributed by atoms with Crippen LogP contribution in [0.15, 0.2) is 18.2 Å². The molecule has 0 aliphatic rings. The number of rotatable bonds is 5. The van der Waals surface area contributed by atoms with Gasteiger partial charge in [0.2, 0.25) is 5.91 Å². The minimum absolute atomic E-state index is 0.0539. The predicted octanol–water partition coefficient (Wildman–Crippen LogP) is 3.99. The second-order valence-electron chi connectivity index (χ2n) is 4.65. The van der Waals surface area contributed by atoms with Crippen molar-refractivity contribution in [3.05, 3.63) is 38.8 Å². The van der Waals surface area contributed by atoms with Gasteiger partial charge in [-0.3, -0.25) is 4.79 Å². The summed E-state index contributed by atoms with van der Waals surface area (Å²) in [5, 5.41) is 4.29. The molecule has 112 valence electrons. The number of aryl methyl sites for hydroxylation is 3. The molecule has 1 aromatic carbocycles. The first-order valence-corrected chi connectivity index (χ1v) is 7.75. The third kappa shape index (κ3) is 4.19. The number of ether oxygens (including phenoxy) is 1. The second kappa shape index (κ2) is 6.91. The van der Waals surface area contributed by atoms with Crippen LogP contribution >= 0.6 is 22.9 Å². The fourth-order valence-corrected chi connectivity index (χ4v) is 3.03. The monoisotopic (exact) mass is 324 g/mol. The summed E-state index contributed by atoms with van der Waals surface area (Å²) in [6.45, 7) is 4.02. The molecule has 2 rings (SSSR count). The molecule has 4 nitrogen and oxygen atoms in total. The van der Waals surface area contributed by atoms with E-state index in [1.807, 2.05) is 13.8 Å². The quantitative estimate of drug-likeness (QED) is 0.904. The summed E-state index contributed by atoms with van der Waals surface area (Å²) < 4.78 is 5.07. The normalized spacial score (nSPS) is 10.5. The number of nitrogens with one attached hydrogen (secondary N) is 1. The van der Waals surface area contributed by atoms with E-state index in [1.165, 1.54) is 4.88 Å². The van der Waals surface area contributed by atoms with Crippen molar-refractivity contribution >= 4 is 34.5 Å². The lowest BCUT2D eigenvalue weighted by molar-refractivity contribution is -0.116. The van der Waals surface area contributed by atoms with E-state index in [9.17, 15) is 4.79 Å². The molecule has 2 aromatic rings. The highest BCUT2D eigenvalue weighted by atomic mass is 35.5. The molecule has 0 aliphatic heterocycles. The molecule has 6 heteroatoms. The number of methoxy groups -OCH3 is 1. The van der Waals surface area contributed by atoms with E-state index in [0.29, 0.717) is 29.3 Å². The Hall–Kier alpha value is -1.59. The van der Waals surface area contributed by atoms with E-state index in [0.717, 1.165) is 10.7 Å². The molecule has 0 saturated carbocycles. The molecule has 1 N–H and O–H groups in total. The lowest BCUT2D eigenvalue weighted by Gasteiger charge is -2.07. The van der Waals surface area contributed by atoms with E-state index in [-0.39, 0.29) is 5.91 Å². The molecule has 1 heterocycles. The van der Waals surface area contributed by atoms with Gasteiger partial charge in [0.1, 0.15) is 5.75 Å². The smallest absolute Gasteiger partial charge is 0.224 e. The number of benzene rings is 1. The van der Waals surface area contributed by atoms with Crippen LogP contribution in [-0.2, 0) is 11.2 Å². The molecule has 0 aliphatic carbocycles. The number of carbonyl (C=O) groups is 1. The largest absolute Gasteiger partial charge is 0.495 e. The molecule has 0 atom stereocenters. The number of aromatic nitrogens is 1. The van der Waals surface area contributed by atoms with Crippen molar-refractivity contribution in [3.8, 4) is 5.75 Å². The zero-order valence-electron chi connectivity index (χ0n) is 12.2. The molecule has 0 fully saturated rings. The highest BCUT2D eigenvalue weighted by Gasteiger charge is 2.09. The van der Waals surface area contributed by atoms with Crippen LogP contribution in [0.2, 0.25) is 5.02 Å². The summed E-state index contributed by atoms with van der Waals surface area (Å²) in [4.78, 5) is 17.6. The molecule has 21 heavy (non-hydrogen) atoms. The molecule has 0 radical (unpaired) electrons. The second-order valence-corrected chi connectivity index (χ2v) is 6.34. The Balaban J connectivity index is 1.91. The van der Waals surface area contributed by atoms with Crippen LogP contribution in [-0.4, -0.2) is 18.0 Å². The minimum Gasteiger partial charge on any atom is -0.495 e. The number of hydrogen-bond acceptors (Lipinski definition) is 4. The third-order valence-electron chi connectivity index (χ3n) is 3.07. The van der Waals surface area contributed by atoms with Gasteiger partial charge < -0.3 is 10.1 Å². The number of hydrogen-bond donors (Lipinski definition) is 1. The Bertz CT molecular complexity index is 636. The number of halogens is 1. The van der Waals surface area contributed by atoms with Crippen LogP contribution in [0.1, 0.15) is 22.0 Å². The molecule has 0 spiro atoms. The van der Waals surface area contributed by atoms with Crippen molar-refractivity contribution in [1.29, 1.82) is 0 Å². The van der Waals surface area contributed by atoms with Crippen molar-refractivity contribution < 1.29 is 9.53 Å². The summed E-state index contributed by atoms with van der Waals surface area (Å²) in [6.07, 6.45) is 1.05. The van der Waals surface area contributed by atoms with Gasteiger partial charge in [-0.05, 0) is 32.0 Å². The van der Waals surface area contributed by atoms with Crippen LogP contribution in [0.5, 0.6) is 5.75 Å². The Morgan fingerprint density at radius 1 is 1.43 bits per heavy atom. The summed E-state index contributed by atoms with van der Waals surface area (Å²) in [5.74, 6) is 0.533. The SMILES string of the molecule is COc1ccc(NC(=O)CCc2nc(C)c(C)s2)cc1Cl. The standard InChI is InChI=1S/C15H17ClN2O2S/c1-9-10(2)21-15(17-9)7-6-14(19)18-11-4-5-13(20-3)12(16)8-11/h4-5,8H,6-7H2,1-3H3,(H,18,19). The zero-order valence-corrected chi connectivity index (χ0v) is 13.8. The van der Waals surface area contributed by atoms with Crippen molar-refractivity contribution in [1.82, 2.24) is 4.98 Å². The highest BCUT2D eigenvalue weighted by molar-refractivity contribution is 7.11. The van der Waals surface area contributed by atoms with Crippen LogP contribution in [0.25, 0.3) is 0 Å². The van der Waals surface area contributed by atoms with Gasteiger partial charge in [-0.15, -0.1) is 11.3 Å². The first-order valence-electron chi connectivity index (χ1n) is 6.56. The van der Waals surface area contributed by atoms with E-state index in [2.05, 4.69) is 10.3 Å². The van der Waals surface area contributed by atoms with Crippen molar-refractivity contribution in [3.63, 3.8) is 0 Å². The number of nitrogens with zero attached hydrogens (tertiary/aromatic N) is 1. The van der Waals surface area contributed by atoms with Crippen LogP contribution in [0, 0.1) is 13.8 Å². The molecule has 0 bridgehead atoms. The van der Waals surface area contributed by atoms with Crippen LogP contribution < -0.4 is 10.1 Å². The van der Waals surface area contributed by atoms with E-state index in [1.54, 1.807) is 36.6 Å². The van der Waals surface area contributed by atoms with E-state index in [4.69, 9.17) is 16.3 Å². The number of amides is 1. The minimum atomic E-state index is -0.0539. The van der Waals surface area contributed by atoms with Crippen molar-refractivity contribution in [2.75, 3.05) is 12.4 Å². The van der Waals surface area contributed by atoms with Gasteiger partial charge in [-0.1, -0.05) is 11.6 Å². The Kier molecular flexibility index (Phi) is 5.20. The molecule has 0 saturated heterocycles. The lowest BCUT2D eigenvalue weighted by atomic mass is 10.2. The van der Waals surface area contributed by atoms with Crippen LogP contribution in [0.3, 0.4) is 0 Å². The van der Waals surface area contributed by atoms with Gasteiger partial charge in [0.15, 0.2) is 0 Å². The fourth-order valence-electron chi connectivity index (χ4n) is 1.83. The number of carbonyl (C=O) groups excluding carboxylic acids is 1. The summed E-state index contributed by atoms with van der Waals surface area (Å²) >= 11 is 7.66. The molecular formula is C15H17ClN2O2S.